The standard InChI is InChI=1S/C17H19BrN2/c1-17(2)11-19-14-8-4-6-10-16(14)20(12-17)15-9-5-3-7-13(15)18/h3-10,19H,11-12H2,1-2H3. The van der Waals surface area contributed by atoms with Crippen LogP contribution >= 0.6 is 15.9 Å². The summed E-state index contributed by atoms with van der Waals surface area (Å²) in [6, 6.07) is 16.9. The fraction of sp³-hybridized carbons (Fsp3) is 0.294. The average Bonchev–Trinajstić information content (AvgIpc) is 2.57. The number of halogens is 1. The van der Waals surface area contributed by atoms with E-state index in [0.29, 0.717) is 0 Å². The summed E-state index contributed by atoms with van der Waals surface area (Å²) in [7, 11) is 0. The van der Waals surface area contributed by atoms with Gasteiger partial charge in [0.15, 0.2) is 0 Å². The van der Waals surface area contributed by atoms with E-state index in [0.717, 1.165) is 17.6 Å². The van der Waals surface area contributed by atoms with Crippen LogP contribution in [0.5, 0.6) is 0 Å². The number of fused-ring (bicyclic) bond motifs is 1. The molecule has 0 amide bonds. The van der Waals surface area contributed by atoms with Crippen molar-refractivity contribution in [3.63, 3.8) is 0 Å². The monoisotopic (exact) mass is 330 g/mol. The van der Waals surface area contributed by atoms with Gasteiger partial charge in [0, 0.05) is 17.6 Å². The van der Waals surface area contributed by atoms with Gasteiger partial charge in [-0.25, -0.2) is 0 Å². The first-order valence-corrected chi connectivity index (χ1v) is 7.71. The van der Waals surface area contributed by atoms with E-state index in [9.17, 15) is 0 Å². The van der Waals surface area contributed by atoms with Crippen molar-refractivity contribution in [1.82, 2.24) is 0 Å². The molecule has 1 N–H and O–H groups in total. The molecule has 1 aliphatic rings. The molecule has 0 fully saturated rings. The summed E-state index contributed by atoms with van der Waals surface area (Å²) in [5.74, 6) is 0. The second-order valence-electron chi connectivity index (χ2n) is 6.07. The van der Waals surface area contributed by atoms with E-state index in [1.807, 2.05) is 0 Å². The van der Waals surface area contributed by atoms with Crippen LogP contribution in [0.1, 0.15) is 13.8 Å². The molecule has 0 aliphatic carbocycles. The summed E-state index contributed by atoms with van der Waals surface area (Å²) in [5.41, 5.74) is 3.87. The molecule has 0 unspecified atom stereocenters. The van der Waals surface area contributed by atoms with Gasteiger partial charge in [-0.1, -0.05) is 38.1 Å². The molecule has 0 saturated carbocycles. The van der Waals surface area contributed by atoms with E-state index in [4.69, 9.17) is 0 Å². The van der Waals surface area contributed by atoms with Gasteiger partial charge >= 0.3 is 0 Å². The van der Waals surface area contributed by atoms with Crippen LogP contribution in [0.25, 0.3) is 0 Å². The minimum absolute atomic E-state index is 0.203. The molecular weight excluding hydrogens is 312 g/mol. The fourth-order valence-electron chi connectivity index (χ4n) is 2.65. The first kappa shape index (κ1) is 13.5. The van der Waals surface area contributed by atoms with Gasteiger partial charge in [-0.05, 0) is 45.6 Å². The predicted molar refractivity (Wildman–Crippen MR) is 89.9 cm³/mol. The highest BCUT2D eigenvalue weighted by molar-refractivity contribution is 9.10. The number of hydrogen-bond acceptors (Lipinski definition) is 2. The van der Waals surface area contributed by atoms with Crippen LogP contribution in [0.15, 0.2) is 53.0 Å². The van der Waals surface area contributed by atoms with Crippen molar-refractivity contribution in [1.29, 1.82) is 0 Å². The highest BCUT2D eigenvalue weighted by Gasteiger charge is 2.28. The van der Waals surface area contributed by atoms with E-state index in [2.05, 4.69) is 88.5 Å². The summed E-state index contributed by atoms with van der Waals surface area (Å²) in [6.07, 6.45) is 0. The maximum atomic E-state index is 3.68. The van der Waals surface area contributed by atoms with Crippen LogP contribution in [0.4, 0.5) is 17.1 Å². The molecule has 2 aromatic carbocycles. The molecule has 0 atom stereocenters. The van der Waals surface area contributed by atoms with Crippen LogP contribution in [0, 0.1) is 5.41 Å². The Balaban J connectivity index is 2.14. The third-order valence-corrected chi connectivity index (χ3v) is 4.35. The Morgan fingerprint density at radius 1 is 1.00 bits per heavy atom. The SMILES string of the molecule is CC1(C)CNc2ccccc2N(c2ccccc2Br)C1. The molecule has 20 heavy (non-hydrogen) atoms. The zero-order valence-electron chi connectivity index (χ0n) is 11.9. The summed E-state index contributed by atoms with van der Waals surface area (Å²) < 4.78 is 1.13. The molecule has 0 bridgehead atoms. The normalized spacial score (nSPS) is 17.1. The summed E-state index contributed by atoms with van der Waals surface area (Å²) in [4.78, 5) is 2.40. The van der Waals surface area contributed by atoms with Gasteiger partial charge in [0.05, 0.1) is 17.1 Å². The van der Waals surface area contributed by atoms with Crippen LogP contribution in [-0.2, 0) is 0 Å². The first-order chi connectivity index (χ1) is 9.57. The Morgan fingerprint density at radius 2 is 1.65 bits per heavy atom. The van der Waals surface area contributed by atoms with E-state index in [-0.39, 0.29) is 5.41 Å². The molecule has 3 heteroatoms. The molecule has 1 heterocycles. The molecule has 104 valence electrons. The predicted octanol–water partition coefficient (Wildman–Crippen LogP) is 5.04. The van der Waals surface area contributed by atoms with Crippen LogP contribution in [0.3, 0.4) is 0 Å². The Morgan fingerprint density at radius 3 is 2.40 bits per heavy atom. The van der Waals surface area contributed by atoms with Crippen LogP contribution in [0.2, 0.25) is 0 Å². The first-order valence-electron chi connectivity index (χ1n) is 6.92. The third-order valence-electron chi connectivity index (χ3n) is 3.68. The lowest BCUT2D eigenvalue weighted by atomic mass is 9.93. The number of hydrogen-bond donors (Lipinski definition) is 1. The number of nitrogens with one attached hydrogen (secondary N) is 1. The third kappa shape index (κ3) is 2.55. The van der Waals surface area contributed by atoms with Crippen molar-refractivity contribution in [2.24, 2.45) is 5.41 Å². The van der Waals surface area contributed by atoms with E-state index >= 15 is 0 Å². The number of nitrogens with zero attached hydrogens (tertiary/aromatic N) is 1. The van der Waals surface area contributed by atoms with E-state index in [1.165, 1.54) is 17.1 Å². The molecule has 3 rings (SSSR count). The largest absolute Gasteiger partial charge is 0.383 e. The van der Waals surface area contributed by atoms with Gasteiger partial charge in [-0.15, -0.1) is 0 Å². The second-order valence-corrected chi connectivity index (χ2v) is 6.93. The van der Waals surface area contributed by atoms with Crippen LogP contribution in [-0.4, -0.2) is 13.1 Å². The van der Waals surface area contributed by atoms with Crippen molar-refractivity contribution >= 4 is 33.0 Å². The van der Waals surface area contributed by atoms with Gasteiger partial charge in [0.1, 0.15) is 0 Å². The second kappa shape index (κ2) is 5.13. The maximum Gasteiger partial charge on any atom is 0.0646 e. The average molecular weight is 331 g/mol. The van der Waals surface area contributed by atoms with Crippen molar-refractivity contribution < 1.29 is 0 Å². The van der Waals surface area contributed by atoms with Gasteiger partial charge < -0.3 is 10.2 Å². The lowest BCUT2D eigenvalue weighted by Gasteiger charge is -2.31. The van der Waals surface area contributed by atoms with Crippen molar-refractivity contribution in [2.75, 3.05) is 23.3 Å². The zero-order chi connectivity index (χ0) is 14.2. The molecule has 0 saturated heterocycles. The van der Waals surface area contributed by atoms with Crippen molar-refractivity contribution in [3.05, 3.63) is 53.0 Å². The van der Waals surface area contributed by atoms with E-state index < -0.39 is 0 Å². The van der Waals surface area contributed by atoms with Gasteiger partial charge in [0.2, 0.25) is 0 Å². The minimum Gasteiger partial charge on any atom is -0.383 e. The lowest BCUT2D eigenvalue weighted by Crippen LogP contribution is -2.33. The fourth-order valence-corrected chi connectivity index (χ4v) is 3.15. The van der Waals surface area contributed by atoms with Gasteiger partial charge in [-0.2, -0.15) is 0 Å². The molecule has 2 nitrogen and oxygen atoms in total. The summed E-state index contributed by atoms with van der Waals surface area (Å²) in [5, 5.41) is 3.58. The Kier molecular flexibility index (Phi) is 3.47. The Labute approximate surface area is 128 Å². The number of para-hydroxylation sites is 3. The van der Waals surface area contributed by atoms with Crippen molar-refractivity contribution in [3.8, 4) is 0 Å². The quantitative estimate of drug-likeness (QED) is 0.788. The summed E-state index contributed by atoms with van der Waals surface area (Å²) >= 11 is 3.68. The topological polar surface area (TPSA) is 15.3 Å². The van der Waals surface area contributed by atoms with Crippen LogP contribution < -0.4 is 10.2 Å². The molecule has 0 spiro atoms. The number of rotatable bonds is 1. The zero-order valence-corrected chi connectivity index (χ0v) is 13.4. The van der Waals surface area contributed by atoms with E-state index in [1.54, 1.807) is 0 Å². The van der Waals surface area contributed by atoms with Gasteiger partial charge in [0.25, 0.3) is 0 Å². The Hall–Kier alpha value is -1.48. The maximum absolute atomic E-state index is 3.68. The lowest BCUT2D eigenvalue weighted by molar-refractivity contribution is 0.407. The number of anilines is 3. The molecule has 0 radical (unpaired) electrons. The molecule has 2 aromatic rings. The molecular formula is C17H19BrN2. The van der Waals surface area contributed by atoms with Crippen molar-refractivity contribution in [2.45, 2.75) is 13.8 Å². The number of benzene rings is 2. The molecule has 1 aliphatic heterocycles. The summed E-state index contributed by atoms with van der Waals surface area (Å²) in [6.45, 7) is 6.57. The molecule has 0 aromatic heterocycles. The Bertz CT molecular complexity index is 622. The van der Waals surface area contributed by atoms with Gasteiger partial charge in [-0.3, -0.25) is 0 Å². The smallest absolute Gasteiger partial charge is 0.0646 e. The minimum atomic E-state index is 0.203. The highest BCUT2D eigenvalue weighted by Crippen LogP contribution is 2.40. The highest BCUT2D eigenvalue weighted by atomic mass is 79.9.